The molecule has 0 spiro atoms. The molecule has 0 saturated heterocycles. The second kappa shape index (κ2) is 16.0. The van der Waals surface area contributed by atoms with Gasteiger partial charge in [-0.25, -0.2) is 0 Å². The first-order valence-electron chi connectivity index (χ1n) is 10.8. The predicted octanol–water partition coefficient (Wildman–Crippen LogP) is 6.82. The van der Waals surface area contributed by atoms with Gasteiger partial charge in [0.1, 0.15) is 10.9 Å². The molecule has 0 aliphatic carbocycles. The van der Waals surface area contributed by atoms with Crippen LogP contribution in [0.15, 0.2) is 68.1 Å². The summed E-state index contributed by atoms with van der Waals surface area (Å²) in [6.07, 6.45) is 0. The highest BCUT2D eigenvalue weighted by atomic mass is 32.2. The maximum Gasteiger partial charge on any atom is 0.130 e. The first kappa shape index (κ1) is 26.6. The van der Waals surface area contributed by atoms with E-state index in [0.717, 1.165) is 0 Å². The van der Waals surface area contributed by atoms with Crippen LogP contribution in [0.1, 0.15) is 27.7 Å². The zero-order chi connectivity index (χ0) is 22.3. The molecule has 172 valence electrons. The highest BCUT2D eigenvalue weighted by molar-refractivity contribution is 8.00. The van der Waals surface area contributed by atoms with E-state index < -0.39 is 0 Å². The van der Waals surface area contributed by atoms with Crippen LogP contribution in [0.2, 0.25) is 0 Å². The van der Waals surface area contributed by atoms with Crippen molar-refractivity contribution in [2.75, 3.05) is 39.6 Å². The molecule has 0 bridgehead atoms. The lowest BCUT2D eigenvalue weighted by atomic mass is 10.4. The van der Waals surface area contributed by atoms with E-state index in [2.05, 4.69) is 48.5 Å². The Balaban J connectivity index is 1.89. The average molecular weight is 483 g/mol. The highest BCUT2D eigenvalue weighted by Crippen LogP contribution is 2.33. The molecule has 0 amide bonds. The molecule has 0 saturated carbocycles. The smallest absolute Gasteiger partial charge is 0.130 e. The van der Waals surface area contributed by atoms with E-state index in [1.807, 2.05) is 27.7 Å². The Morgan fingerprint density at radius 2 is 0.903 bits per heavy atom. The van der Waals surface area contributed by atoms with Crippen LogP contribution < -0.4 is 0 Å². The molecule has 0 aliphatic heterocycles. The molecule has 4 nitrogen and oxygen atoms in total. The fourth-order valence-corrected chi connectivity index (χ4v) is 5.39. The minimum absolute atomic E-state index is 0.0248. The number of rotatable bonds is 16. The maximum absolute atomic E-state index is 5.76. The van der Waals surface area contributed by atoms with Crippen molar-refractivity contribution in [3.8, 4) is 0 Å². The van der Waals surface area contributed by atoms with Crippen LogP contribution in [0.25, 0.3) is 0 Å². The molecule has 0 radical (unpaired) electrons. The van der Waals surface area contributed by atoms with Crippen molar-refractivity contribution in [3.63, 3.8) is 0 Å². The van der Waals surface area contributed by atoms with E-state index in [1.54, 1.807) is 35.3 Å². The van der Waals surface area contributed by atoms with Gasteiger partial charge in [0.25, 0.3) is 0 Å². The van der Waals surface area contributed by atoms with Crippen LogP contribution in [0.4, 0.5) is 0 Å². The minimum atomic E-state index is 0.0248. The van der Waals surface area contributed by atoms with Crippen LogP contribution in [0.5, 0.6) is 0 Å². The van der Waals surface area contributed by atoms with Gasteiger partial charge in [-0.05, 0) is 76.2 Å². The fourth-order valence-electron chi connectivity index (χ4n) is 2.64. The molecule has 2 aromatic rings. The van der Waals surface area contributed by atoms with Crippen LogP contribution in [0.3, 0.4) is 0 Å². The lowest BCUT2D eigenvalue weighted by molar-refractivity contribution is 0.0390. The molecule has 0 heterocycles. The molecular formula is C24H34O4S3. The summed E-state index contributed by atoms with van der Waals surface area (Å²) in [4.78, 5) is 4.80. The lowest BCUT2D eigenvalue weighted by Crippen LogP contribution is -2.16. The summed E-state index contributed by atoms with van der Waals surface area (Å²) < 4.78 is 22.6. The van der Waals surface area contributed by atoms with E-state index in [0.29, 0.717) is 39.6 Å². The van der Waals surface area contributed by atoms with E-state index in [-0.39, 0.29) is 10.9 Å². The van der Waals surface area contributed by atoms with Gasteiger partial charge in [-0.1, -0.05) is 35.3 Å². The topological polar surface area (TPSA) is 36.9 Å². The molecule has 2 unspecified atom stereocenters. The van der Waals surface area contributed by atoms with Crippen molar-refractivity contribution in [1.82, 2.24) is 0 Å². The van der Waals surface area contributed by atoms with Crippen molar-refractivity contribution < 1.29 is 18.9 Å². The van der Waals surface area contributed by atoms with Gasteiger partial charge < -0.3 is 18.9 Å². The zero-order valence-corrected chi connectivity index (χ0v) is 21.3. The third-order valence-corrected chi connectivity index (χ3v) is 7.21. The number of ether oxygens (including phenoxy) is 4. The van der Waals surface area contributed by atoms with Crippen molar-refractivity contribution in [1.29, 1.82) is 0 Å². The van der Waals surface area contributed by atoms with E-state index >= 15 is 0 Å². The second-order valence-electron chi connectivity index (χ2n) is 6.37. The Kier molecular flexibility index (Phi) is 13.7. The molecule has 2 aromatic carbocycles. The molecule has 0 aromatic heterocycles. The molecule has 0 fully saturated rings. The summed E-state index contributed by atoms with van der Waals surface area (Å²) in [7, 11) is 0. The van der Waals surface area contributed by atoms with Crippen LogP contribution in [0, 0.1) is 0 Å². The van der Waals surface area contributed by atoms with Gasteiger partial charge in [0.05, 0.1) is 13.2 Å². The molecular weight excluding hydrogens is 448 g/mol. The zero-order valence-electron chi connectivity index (χ0n) is 18.9. The Bertz CT molecular complexity index is 648. The third kappa shape index (κ3) is 10.7. The first-order valence-corrected chi connectivity index (χ1v) is 13.4. The minimum Gasteiger partial charge on any atom is -0.378 e. The summed E-state index contributed by atoms with van der Waals surface area (Å²) in [5.41, 5.74) is 0.0495. The van der Waals surface area contributed by atoms with Gasteiger partial charge >= 0.3 is 0 Å². The number of hydrogen-bond acceptors (Lipinski definition) is 7. The van der Waals surface area contributed by atoms with Gasteiger partial charge in [0.2, 0.25) is 0 Å². The Labute approximate surface area is 200 Å². The van der Waals surface area contributed by atoms with Crippen molar-refractivity contribution in [3.05, 3.63) is 48.5 Å². The third-order valence-electron chi connectivity index (χ3n) is 4.04. The second-order valence-corrected chi connectivity index (χ2v) is 9.98. The summed E-state index contributed by atoms with van der Waals surface area (Å²) in [5, 5.41) is 0. The van der Waals surface area contributed by atoms with Gasteiger partial charge in [0, 0.05) is 46.0 Å². The van der Waals surface area contributed by atoms with Gasteiger partial charge in [0.15, 0.2) is 0 Å². The summed E-state index contributed by atoms with van der Waals surface area (Å²) in [6.45, 7) is 12.0. The fraction of sp³-hybridized carbons (Fsp3) is 0.500. The van der Waals surface area contributed by atoms with Crippen LogP contribution in [-0.4, -0.2) is 50.5 Å². The molecule has 2 atom stereocenters. The van der Waals surface area contributed by atoms with Gasteiger partial charge in [-0.2, -0.15) is 0 Å². The monoisotopic (exact) mass is 482 g/mol. The highest BCUT2D eigenvalue weighted by Gasteiger charge is 2.12. The summed E-state index contributed by atoms with van der Waals surface area (Å²) in [6, 6.07) is 17.2. The molecule has 7 heteroatoms. The van der Waals surface area contributed by atoms with E-state index in [1.165, 1.54) is 19.6 Å². The lowest BCUT2D eigenvalue weighted by Gasteiger charge is -2.16. The number of benzene rings is 2. The molecule has 2 rings (SSSR count). The molecule has 31 heavy (non-hydrogen) atoms. The summed E-state index contributed by atoms with van der Waals surface area (Å²) >= 11 is 5.17. The molecule has 0 aliphatic rings. The Hall–Kier alpha value is -0.670. The van der Waals surface area contributed by atoms with E-state index in [9.17, 15) is 0 Å². The maximum atomic E-state index is 5.76. The SMILES string of the molecule is CCOCC(OCC)Sc1ccc(Sc2ccc(SC(COCC)OCC)cc2)cc1. The number of hydrogen-bond donors (Lipinski definition) is 0. The normalized spacial score (nSPS) is 13.3. The average Bonchev–Trinajstić information content (AvgIpc) is 2.78. The van der Waals surface area contributed by atoms with Crippen molar-refractivity contribution in [2.24, 2.45) is 0 Å². The van der Waals surface area contributed by atoms with Gasteiger partial charge in [-0.15, -0.1) is 0 Å². The predicted molar refractivity (Wildman–Crippen MR) is 133 cm³/mol. The number of thioether (sulfide) groups is 2. The van der Waals surface area contributed by atoms with E-state index in [4.69, 9.17) is 18.9 Å². The Morgan fingerprint density at radius 3 is 1.23 bits per heavy atom. The largest absolute Gasteiger partial charge is 0.378 e. The first-order chi connectivity index (χ1) is 15.2. The van der Waals surface area contributed by atoms with Gasteiger partial charge in [-0.3, -0.25) is 0 Å². The van der Waals surface area contributed by atoms with Crippen molar-refractivity contribution >= 4 is 35.3 Å². The van der Waals surface area contributed by atoms with Crippen LogP contribution >= 0.6 is 35.3 Å². The summed E-state index contributed by atoms with van der Waals surface area (Å²) in [5.74, 6) is 0. The van der Waals surface area contributed by atoms with Crippen LogP contribution in [-0.2, 0) is 18.9 Å². The standard InChI is InChI=1S/C24H34O4S3/c1-5-25-17-23(27-7-3)30-21-13-9-19(10-14-21)29-20-11-15-22(16-12-20)31-24(28-8-4)18-26-6-2/h9-16,23-24H,5-8,17-18H2,1-4H3. The van der Waals surface area contributed by atoms with Crippen molar-refractivity contribution in [2.45, 2.75) is 58.1 Å². The molecule has 0 N–H and O–H groups in total. The quantitative estimate of drug-likeness (QED) is 0.192. The Morgan fingerprint density at radius 1 is 0.548 bits per heavy atom.